The van der Waals surface area contributed by atoms with Crippen LogP contribution in [0.15, 0.2) is 42.7 Å². The van der Waals surface area contributed by atoms with Crippen molar-refractivity contribution in [3.63, 3.8) is 0 Å². The average Bonchev–Trinajstić information content (AvgIpc) is 3.17. The number of nitrogens with one attached hydrogen (secondary N) is 1. The van der Waals surface area contributed by atoms with E-state index in [1.54, 1.807) is 35.1 Å². The van der Waals surface area contributed by atoms with Crippen LogP contribution in [0.2, 0.25) is 5.02 Å². The molecule has 0 unspecified atom stereocenters. The van der Waals surface area contributed by atoms with Crippen LogP contribution in [0, 0.1) is 5.82 Å². The van der Waals surface area contributed by atoms with Crippen molar-refractivity contribution in [2.45, 2.75) is 20.0 Å². The first-order valence-corrected chi connectivity index (χ1v) is 7.75. The Bertz CT molecular complexity index is 873. The van der Waals surface area contributed by atoms with Crippen molar-refractivity contribution >= 4 is 23.3 Å². The molecule has 0 spiro atoms. The zero-order valence-electron chi connectivity index (χ0n) is 12.9. The molecule has 3 rings (SSSR count). The van der Waals surface area contributed by atoms with Gasteiger partial charge in [0.25, 0.3) is 5.91 Å². The third kappa shape index (κ3) is 3.46. The Hall–Kier alpha value is -2.67. The molecule has 0 aliphatic rings. The highest BCUT2D eigenvalue weighted by atomic mass is 35.5. The van der Waals surface area contributed by atoms with Crippen molar-refractivity contribution in [3.8, 4) is 0 Å². The molecule has 1 N–H and O–H groups in total. The van der Waals surface area contributed by atoms with Crippen LogP contribution in [0.4, 0.5) is 10.2 Å². The van der Waals surface area contributed by atoms with Gasteiger partial charge in [-0.25, -0.2) is 4.39 Å². The van der Waals surface area contributed by atoms with E-state index in [1.165, 1.54) is 16.9 Å². The van der Waals surface area contributed by atoms with E-state index in [4.69, 9.17) is 11.6 Å². The molecule has 0 bridgehead atoms. The Morgan fingerprint density at radius 1 is 1.25 bits per heavy atom. The number of halogens is 2. The minimum Gasteiger partial charge on any atom is -0.302 e. The normalized spacial score (nSPS) is 10.8. The number of anilines is 1. The first kappa shape index (κ1) is 16.2. The van der Waals surface area contributed by atoms with Crippen molar-refractivity contribution < 1.29 is 9.18 Å². The predicted molar refractivity (Wildman–Crippen MR) is 88.6 cm³/mol. The summed E-state index contributed by atoms with van der Waals surface area (Å²) in [5.41, 5.74) is 0.757. The summed E-state index contributed by atoms with van der Waals surface area (Å²) < 4.78 is 16.8. The monoisotopic (exact) mass is 347 g/mol. The van der Waals surface area contributed by atoms with Crippen molar-refractivity contribution in [2.24, 2.45) is 0 Å². The van der Waals surface area contributed by atoms with Gasteiger partial charge in [-0.1, -0.05) is 29.8 Å². The second-order valence-electron chi connectivity index (χ2n) is 5.13. The van der Waals surface area contributed by atoms with E-state index in [2.05, 4.69) is 15.5 Å². The second-order valence-corrected chi connectivity index (χ2v) is 5.53. The molecule has 124 valence electrons. The number of aryl methyl sites for hydroxylation is 1. The van der Waals surface area contributed by atoms with Crippen LogP contribution in [0.3, 0.4) is 0 Å². The van der Waals surface area contributed by atoms with E-state index in [0.717, 1.165) is 0 Å². The van der Waals surface area contributed by atoms with Crippen molar-refractivity contribution in [1.29, 1.82) is 0 Å². The molecule has 0 aliphatic carbocycles. The fourth-order valence-corrected chi connectivity index (χ4v) is 2.39. The Kier molecular flexibility index (Phi) is 4.61. The van der Waals surface area contributed by atoms with Gasteiger partial charge in [0.2, 0.25) is 0 Å². The summed E-state index contributed by atoms with van der Waals surface area (Å²) in [7, 11) is 0. The van der Waals surface area contributed by atoms with Gasteiger partial charge in [-0.3, -0.25) is 14.2 Å². The molecular formula is C16H15ClFN5O. The topological polar surface area (TPSA) is 64.7 Å². The van der Waals surface area contributed by atoms with Gasteiger partial charge in [0.1, 0.15) is 10.8 Å². The Labute approximate surface area is 142 Å². The van der Waals surface area contributed by atoms with Gasteiger partial charge in [0, 0.05) is 24.5 Å². The zero-order valence-corrected chi connectivity index (χ0v) is 13.7. The summed E-state index contributed by atoms with van der Waals surface area (Å²) in [5, 5.41) is 11.2. The molecule has 2 heterocycles. The SMILES string of the molecule is CCn1ccc(C(=O)Nc2nn(Cc3ccccc3F)cc2Cl)n1. The third-order valence-electron chi connectivity index (χ3n) is 3.44. The quantitative estimate of drug-likeness (QED) is 0.770. The lowest BCUT2D eigenvalue weighted by molar-refractivity contribution is 0.102. The smallest absolute Gasteiger partial charge is 0.277 e. The molecule has 0 atom stereocenters. The van der Waals surface area contributed by atoms with Crippen molar-refractivity contribution in [2.75, 3.05) is 5.32 Å². The lowest BCUT2D eigenvalue weighted by Gasteiger charge is -2.03. The van der Waals surface area contributed by atoms with E-state index in [9.17, 15) is 9.18 Å². The Balaban J connectivity index is 1.74. The first-order valence-electron chi connectivity index (χ1n) is 7.38. The average molecular weight is 348 g/mol. The lowest BCUT2D eigenvalue weighted by atomic mass is 10.2. The van der Waals surface area contributed by atoms with Crippen LogP contribution in [0.25, 0.3) is 0 Å². The summed E-state index contributed by atoms with van der Waals surface area (Å²) in [5.74, 6) is -0.510. The number of hydrogen-bond acceptors (Lipinski definition) is 3. The standard InChI is InChI=1S/C16H15ClFN5O/c1-2-22-8-7-14(20-22)16(24)19-15-12(17)10-23(21-15)9-11-5-3-4-6-13(11)18/h3-8,10H,2,9H2,1H3,(H,19,21,24). The molecular weight excluding hydrogens is 333 g/mol. The van der Waals surface area contributed by atoms with E-state index in [0.29, 0.717) is 12.1 Å². The van der Waals surface area contributed by atoms with Gasteiger partial charge in [0.05, 0.1) is 6.54 Å². The predicted octanol–water partition coefficient (Wildman–Crippen LogP) is 3.19. The minimum atomic E-state index is -0.403. The highest BCUT2D eigenvalue weighted by Gasteiger charge is 2.15. The van der Waals surface area contributed by atoms with Gasteiger partial charge < -0.3 is 5.32 Å². The largest absolute Gasteiger partial charge is 0.302 e. The van der Waals surface area contributed by atoms with Gasteiger partial charge in [0.15, 0.2) is 11.5 Å². The van der Waals surface area contributed by atoms with Gasteiger partial charge in [-0.05, 0) is 19.1 Å². The van der Waals surface area contributed by atoms with Crippen LogP contribution >= 0.6 is 11.6 Å². The molecule has 3 aromatic rings. The van der Waals surface area contributed by atoms with E-state index in [-0.39, 0.29) is 28.9 Å². The number of hydrogen-bond donors (Lipinski definition) is 1. The maximum Gasteiger partial charge on any atom is 0.277 e. The lowest BCUT2D eigenvalue weighted by Crippen LogP contribution is -2.14. The zero-order chi connectivity index (χ0) is 17.1. The van der Waals surface area contributed by atoms with Gasteiger partial charge in [-0.15, -0.1) is 0 Å². The molecule has 2 aromatic heterocycles. The molecule has 0 aliphatic heterocycles. The van der Waals surface area contributed by atoms with Crippen molar-refractivity contribution in [3.05, 3.63) is 64.8 Å². The Morgan fingerprint density at radius 3 is 2.75 bits per heavy atom. The molecule has 24 heavy (non-hydrogen) atoms. The molecule has 8 heteroatoms. The fraction of sp³-hybridized carbons (Fsp3) is 0.188. The summed E-state index contributed by atoms with van der Waals surface area (Å²) in [6.45, 7) is 2.81. The summed E-state index contributed by atoms with van der Waals surface area (Å²) in [6.07, 6.45) is 3.25. The molecule has 1 amide bonds. The molecule has 0 saturated heterocycles. The third-order valence-corrected chi connectivity index (χ3v) is 3.71. The highest BCUT2D eigenvalue weighted by molar-refractivity contribution is 6.33. The number of rotatable bonds is 5. The fourth-order valence-electron chi connectivity index (χ4n) is 2.19. The maximum absolute atomic E-state index is 13.7. The van der Waals surface area contributed by atoms with Crippen LogP contribution in [0.1, 0.15) is 23.0 Å². The Morgan fingerprint density at radius 2 is 2.04 bits per heavy atom. The number of nitrogens with zero attached hydrogens (tertiary/aromatic N) is 4. The van der Waals surface area contributed by atoms with Crippen molar-refractivity contribution in [1.82, 2.24) is 19.6 Å². The van der Waals surface area contributed by atoms with Crippen LogP contribution < -0.4 is 5.32 Å². The molecule has 1 aromatic carbocycles. The number of aromatic nitrogens is 4. The van der Waals surface area contributed by atoms with Crippen LogP contribution in [-0.2, 0) is 13.1 Å². The highest BCUT2D eigenvalue weighted by Crippen LogP contribution is 2.21. The van der Waals surface area contributed by atoms with E-state index >= 15 is 0 Å². The van der Waals surface area contributed by atoms with Crippen LogP contribution in [0.5, 0.6) is 0 Å². The molecule has 0 fully saturated rings. The van der Waals surface area contributed by atoms with Crippen LogP contribution in [-0.4, -0.2) is 25.5 Å². The summed E-state index contributed by atoms with van der Waals surface area (Å²) in [6, 6.07) is 8.03. The maximum atomic E-state index is 13.7. The van der Waals surface area contributed by atoms with Gasteiger partial charge in [-0.2, -0.15) is 10.2 Å². The summed E-state index contributed by atoms with van der Waals surface area (Å²) >= 11 is 6.10. The summed E-state index contributed by atoms with van der Waals surface area (Å²) in [4.78, 5) is 12.2. The first-order chi connectivity index (χ1) is 11.6. The molecule has 6 nitrogen and oxygen atoms in total. The second kappa shape index (κ2) is 6.84. The number of benzene rings is 1. The molecule has 0 saturated carbocycles. The minimum absolute atomic E-state index is 0.212. The number of carbonyl (C=O) groups is 1. The number of carbonyl (C=O) groups excluding carboxylic acids is 1. The van der Waals surface area contributed by atoms with E-state index < -0.39 is 5.91 Å². The molecule has 0 radical (unpaired) electrons. The van der Waals surface area contributed by atoms with E-state index in [1.807, 2.05) is 6.92 Å². The van der Waals surface area contributed by atoms with Gasteiger partial charge >= 0.3 is 0 Å². The number of amides is 1.